The van der Waals surface area contributed by atoms with Crippen LogP contribution in [-0.2, 0) is 19.1 Å². The van der Waals surface area contributed by atoms with E-state index in [1.165, 1.54) is 238 Å². The van der Waals surface area contributed by atoms with Crippen LogP contribution in [0.1, 0.15) is 322 Å². The monoisotopic (exact) mass is 953 g/mol. The fourth-order valence-electron chi connectivity index (χ4n) is 9.14. The summed E-state index contributed by atoms with van der Waals surface area (Å²) in [4.78, 5) is 24.6. The van der Waals surface area contributed by atoms with E-state index in [2.05, 4.69) is 62.5 Å². The second kappa shape index (κ2) is 59.2. The van der Waals surface area contributed by atoms with E-state index in [-0.39, 0.29) is 25.2 Å². The zero-order valence-electron chi connectivity index (χ0n) is 45.6. The zero-order chi connectivity index (χ0) is 49.2. The Labute approximate surface area is 424 Å². The Morgan fingerprint density at radius 2 is 0.632 bits per heavy atom. The lowest BCUT2D eigenvalue weighted by molar-refractivity contribution is -0.161. The number of hydrogen-bond acceptors (Lipinski definition) is 5. The summed E-state index contributed by atoms with van der Waals surface area (Å²) in [5, 5.41) is 9.67. The molecule has 1 unspecified atom stereocenters. The summed E-state index contributed by atoms with van der Waals surface area (Å²) in [5.74, 6) is -0.570. The molecule has 0 aliphatic carbocycles. The average Bonchev–Trinajstić information content (AvgIpc) is 3.34. The maximum absolute atomic E-state index is 12.3. The maximum Gasteiger partial charge on any atom is 0.306 e. The van der Waals surface area contributed by atoms with Gasteiger partial charge in [-0.2, -0.15) is 0 Å². The van der Waals surface area contributed by atoms with E-state index >= 15 is 0 Å². The number of unbranched alkanes of at least 4 members (excludes halogenated alkanes) is 40. The molecule has 0 saturated heterocycles. The third-order valence-electron chi connectivity index (χ3n) is 13.6. The second-order valence-corrected chi connectivity index (χ2v) is 20.4. The Bertz CT molecular complexity index is 1120. The van der Waals surface area contributed by atoms with Gasteiger partial charge in [-0.3, -0.25) is 9.59 Å². The normalized spacial score (nSPS) is 12.5. The minimum absolute atomic E-state index is 0.0601. The van der Waals surface area contributed by atoms with Crippen molar-refractivity contribution in [3.8, 4) is 0 Å². The van der Waals surface area contributed by atoms with Gasteiger partial charge in [0.25, 0.3) is 0 Å². The highest BCUT2D eigenvalue weighted by Gasteiger charge is 2.16. The average molecular weight is 954 g/mol. The quantitative estimate of drug-likeness (QED) is 0.0374. The van der Waals surface area contributed by atoms with Crippen molar-refractivity contribution >= 4 is 11.9 Å². The number of ether oxygens (including phenoxy) is 2. The van der Waals surface area contributed by atoms with Gasteiger partial charge in [-0.1, -0.05) is 306 Å². The number of aliphatic hydroxyl groups excluding tert-OH is 1. The molecule has 0 bridgehead atoms. The number of carbonyl (C=O) groups excluding carboxylic acids is 2. The molecule has 0 rings (SSSR count). The number of allylic oxidation sites excluding steroid dienone is 8. The predicted octanol–water partition coefficient (Wildman–Crippen LogP) is 20.4. The summed E-state index contributed by atoms with van der Waals surface area (Å²) in [6.45, 7) is 4.08. The van der Waals surface area contributed by atoms with Crippen molar-refractivity contribution in [3.63, 3.8) is 0 Å². The molecule has 0 aromatic heterocycles. The molecular formula is C63H116O5. The van der Waals surface area contributed by atoms with Gasteiger partial charge in [0.05, 0.1) is 6.61 Å². The highest BCUT2D eigenvalue weighted by atomic mass is 16.6. The van der Waals surface area contributed by atoms with Crippen LogP contribution in [0.25, 0.3) is 0 Å². The van der Waals surface area contributed by atoms with Crippen LogP contribution in [0.15, 0.2) is 48.6 Å². The largest absolute Gasteiger partial charge is 0.462 e. The molecule has 0 aliphatic heterocycles. The minimum atomic E-state index is -0.770. The number of aliphatic hydroxyl groups is 1. The van der Waals surface area contributed by atoms with Gasteiger partial charge in [0.2, 0.25) is 0 Å². The number of esters is 2. The van der Waals surface area contributed by atoms with Crippen molar-refractivity contribution in [3.05, 3.63) is 48.6 Å². The predicted molar refractivity (Wildman–Crippen MR) is 297 cm³/mol. The van der Waals surface area contributed by atoms with Gasteiger partial charge in [0.1, 0.15) is 6.61 Å². The van der Waals surface area contributed by atoms with Crippen molar-refractivity contribution in [1.29, 1.82) is 0 Å². The summed E-state index contributed by atoms with van der Waals surface area (Å²) in [6.07, 6.45) is 78.2. The van der Waals surface area contributed by atoms with Crippen molar-refractivity contribution in [2.24, 2.45) is 0 Å². The van der Waals surface area contributed by atoms with E-state index in [0.717, 1.165) is 57.8 Å². The molecule has 0 aromatic carbocycles. The first-order valence-corrected chi connectivity index (χ1v) is 30.2. The van der Waals surface area contributed by atoms with Crippen molar-refractivity contribution in [2.45, 2.75) is 328 Å². The third-order valence-corrected chi connectivity index (χ3v) is 13.6. The van der Waals surface area contributed by atoms with Crippen LogP contribution in [0, 0.1) is 0 Å². The Morgan fingerprint density at radius 1 is 0.353 bits per heavy atom. The summed E-state index contributed by atoms with van der Waals surface area (Å²) < 4.78 is 10.7. The topological polar surface area (TPSA) is 72.8 Å². The number of hydrogen-bond donors (Lipinski definition) is 1. The molecule has 1 N–H and O–H groups in total. The first-order valence-electron chi connectivity index (χ1n) is 30.2. The van der Waals surface area contributed by atoms with Crippen LogP contribution < -0.4 is 0 Å². The number of rotatable bonds is 56. The van der Waals surface area contributed by atoms with E-state index in [1.807, 2.05) is 0 Å². The van der Waals surface area contributed by atoms with Gasteiger partial charge in [0, 0.05) is 12.8 Å². The molecule has 1 atom stereocenters. The standard InChI is InChI=1S/C63H116O5/c1-3-5-7-9-11-13-15-17-19-21-23-25-27-28-29-30-31-32-33-34-36-38-40-42-44-46-48-50-52-54-56-58-63(66)68-61(59-64)60-67-62(65)57-55-53-51-49-47-45-43-41-39-37-35-26-24-22-20-18-16-14-12-10-8-6-4-2/h5,7,11,13,17,19,23,25,61,64H,3-4,6,8-10,12,14-16,18,20-22,24,26-60H2,1-2H3/b7-5-,13-11-,19-17-,25-23-. The van der Waals surface area contributed by atoms with Crippen LogP contribution in [0.2, 0.25) is 0 Å². The van der Waals surface area contributed by atoms with Gasteiger partial charge in [-0.05, 0) is 51.4 Å². The summed E-state index contributed by atoms with van der Waals surface area (Å²) in [5.41, 5.74) is 0. The minimum Gasteiger partial charge on any atom is -0.462 e. The summed E-state index contributed by atoms with van der Waals surface area (Å²) >= 11 is 0. The molecule has 0 aromatic rings. The van der Waals surface area contributed by atoms with Gasteiger partial charge in [-0.25, -0.2) is 0 Å². The molecule has 5 nitrogen and oxygen atoms in total. The Hall–Kier alpha value is -2.14. The Balaban J connectivity index is 3.42. The SMILES string of the molecule is CC/C=C\C/C=C\C/C=C\C/C=C\CCCCCCCCCCCCCCCCCCCCC(=O)OC(CO)COC(=O)CCCCCCCCCCCCCCCCCCCCCCCCC. The van der Waals surface area contributed by atoms with Crippen LogP contribution in [-0.4, -0.2) is 36.4 Å². The van der Waals surface area contributed by atoms with Crippen molar-refractivity contribution in [1.82, 2.24) is 0 Å². The molecule has 398 valence electrons. The molecule has 5 heteroatoms. The van der Waals surface area contributed by atoms with E-state index in [0.29, 0.717) is 12.8 Å². The molecule has 0 radical (unpaired) electrons. The van der Waals surface area contributed by atoms with Crippen LogP contribution in [0.5, 0.6) is 0 Å². The lowest BCUT2D eigenvalue weighted by atomic mass is 10.0. The maximum atomic E-state index is 12.3. The fraction of sp³-hybridized carbons (Fsp3) is 0.841. The molecule has 0 spiro atoms. The molecular weight excluding hydrogens is 837 g/mol. The first-order chi connectivity index (χ1) is 33.6. The second-order valence-electron chi connectivity index (χ2n) is 20.4. The van der Waals surface area contributed by atoms with Gasteiger partial charge in [0.15, 0.2) is 6.10 Å². The zero-order valence-corrected chi connectivity index (χ0v) is 45.6. The van der Waals surface area contributed by atoms with E-state index in [1.54, 1.807) is 0 Å². The smallest absolute Gasteiger partial charge is 0.306 e. The van der Waals surface area contributed by atoms with Gasteiger partial charge < -0.3 is 14.6 Å². The molecule has 0 heterocycles. The highest BCUT2D eigenvalue weighted by Crippen LogP contribution is 2.18. The molecule has 0 amide bonds. The fourth-order valence-corrected chi connectivity index (χ4v) is 9.14. The van der Waals surface area contributed by atoms with E-state index in [4.69, 9.17) is 9.47 Å². The van der Waals surface area contributed by atoms with Crippen molar-refractivity contribution in [2.75, 3.05) is 13.2 Å². The molecule has 68 heavy (non-hydrogen) atoms. The van der Waals surface area contributed by atoms with Gasteiger partial charge in [-0.15, -0.1) is 0 Å². The highest BCUT2D eigenvalue weighted by molar-refractivity contribution is 5.70. The third kappa shape index (κ3) is 56.4. The van der Waals surface area contributed by atoms with E-state index < -0.39 is 6.10 Å². The lowest BCUT2D eigenvalue weighted by Crippen LogP contribution is -2.28. The number of carbonyl (C=O) groups is 2. The van der Waals surface area contributed by atoms with Crippen molar-refractivity contribution < 1.29 is 24.2 Å². The molecule has 0 aliphatic rings. The Morgan fingerprint density at radius 3 is 0.956 bits per heavy atom. The summed E-state index contributed by atoms with van der Waals surface area (Å²) in [6, 6.07) is 0. The Kier molecular flexibility index (Phi) is 57.3. The van der Waals surface area contributed by atoms with Crippen LogP contribution >= 0.6 is 0 Å². The first kappa shape index (κ1) is 65.9. The summed E-state index contributed by atoms with van der Waals surface area (Å²) in [7, 11) is 0. The van der Waals surface area contributed by atoms with Crippen LogP contribution in [0.3, 0.4) is 0 Å². The van der Waals surface area contributed by atoms with E-state index in [9.17, 15) is 14.7 Å². The van der Waals surface area contributed by atoms with Crippen LogP contribution in [0.4, 0.5) is 0 Å². The molecule has 0 saturated carbocycles. The van der Waals surface area contributed by atoms with Gasteiger partial charge >= 0.3 is 11.9 Å². The molecule has 0 fully saturated rings. The lowest BCUT2D eigenvalue weighted by Gasteiger charge is -2.15.